The Morgan fingerprint density at radius 2 is 2.36 bits per heavy atom. The zero-order chi connectivity index (χ0) is 7.84. The van der Waals surface area contributed by atoms with Gasteiger partial charge < -0.3 is 4.98 Å². The molecule has 1 N–H and O–H groups in total. The van der Waals surface area contributed by atoms with Gasteiger partial charge in [-0.25, -0.2) is 4.98 Å². The Balaban J connectivity index is 2.87. The summed E-state index contributed by atoms with van der Waals surface area (Å²) in [5.41, 5.74) is 2.18. The lowest BCUT2D eigenvalue weighted by molar-refractivity contribution is 1.31. The maximum atomic E-state index is 4.20. The molecule has 2 rings (SSSR count). The van der Waals surface area contributed by atoms with Crippen LogP contribution < -0.4 is 0 Å². The molecule has 2 aromatic heterocycles. The third-order valence-corrected chi connectivity index (χ3v) is 2.14. The molecule has 0 spiro atoms. The second kappa shape index (κ2) is 2.34. The number of hydrogen-bond donors (Lipinski definition) is 1. The van der Waals surface area contributed by atoms with Crippen LogP contribution in [0.15, 0.2) is 22.9 Å². The van der Waals surface area contributed by atoms with Gasteiger partial charge in [0.05, 0.1) is 0 Å². The number of aryl methyl sites for hydroxylation is 1. The number of aromatic amines is 1. The molecule has 0 aliphatic carbocycles. The number of nitrogens with one attached hydrogen (secondary N) is 1. The van der Waals surface area contributed by atoms with Gasteiger partial charge in [-0.1, -0.05) is 0 Å². The number of H-pyrrole nitrogens is 1. The molecule has 0 atom stereocenters. The standard InChI is InChI=1S/C8H7BrN2/c1-5-3-10-8-7(5)2-6(9)4-11-8/h2-4H,1H3,(H,10,11). The van der Waals surface area contributed by atoms with Crippen molar-refractivity contribution in [3.63, 3.8) is 0 Å². The number of halogens is 1. The molecule has 0 bridgehead atoms. The molecule has 56 valence electrons. The van der Waals surface area contributed by atoms with Gasteiger partial charge in [0, 0.05) is 22.3 Å². The summed E-state index contributed by atoms with van der Waals surface area (Å²) < 4.78 is 1.02. The number of fused-ring (bicyclic) bond motifs is 1. The summed E-state index contributed by atoms with van der Waals surface area (Å²) in [7, 11) is 0. The van der Waals surface area contributed by atoms with Crippen molar-refractivity contribution in [1.29, 1.82) is 0 Å². The first-order chi connectivity index (χ1) is 5.27. The molecule has 0 amide bonds. The molecule has 2 nitrogen and oxygen atoms in total. The highest BCUT2D eigenvalue weighted by atomic mass is 79.9. The SMILES string of the molecule is Cc1c[nH]c2ncc(Br)cc12. The van der Waals surface area contributed by atoms with E-state index in [4.69, 9.17) is 0 Å². The van der Waals surface area contributed by atoms with Crippen molar-refractivity contribution in [3.8, 4) is 0 Å². The highest BCUT2D eigenvalue weighted by Crippen LogP contribution is 2.19. The number of rotatable bonds is 0. The van der Waals surface area contributed by atoms with E-state index in [0.29, 0.717) is 0 Å². The molecule has 0 fully saturated rings. The molecule has 0 aromatic carbocycles. The second-order valence-corrected chi connectivity index (χ2v) is 3.44. The summed E-state index contributed by atoms with van der Waals surface area (Å²) in [4.78, 5) is 7.28. The predicted octanol–water partition coefficient (Wildman–Crippen LogP) is 2.63. The van der Waals surface area contributed by atoms with E-state index in [1.165, 1.54) is 10.9 Å². The summed E-state index contributed by atoms with van der Waals surface area (Å²) in [6.07, 6.45) is 3.75. The molecule has 2 aromatic rings. The molecule has 2 heterocycles. The molecular formula is C8H7BrN2. The molecular weight excluding hydrogens is 204 g/mol. The summed E-state index contributed by atoms with van der Waals surface area (Å²) in [5, 5.41) is 1.18. The monoisotopic (exact) mass is 210 g/mol. The van der Waals surface area contributed by atoms with E-state index in [-0.39, 0.29) is 0 Å². The number of hydrogen-bond acceptors (Lipinski definition) is 1. The Labute approximate surface area is 72.8 Å². The maximum absolute atomic E-state index is 4.20. The van der Waals surface area contributed by atoms with Gasteiger partial charge in [0.15, 0.2) is 0 Å². The maximum Gasteiger partial charge on any atom is 0.137 e. The first kappa shape index (κ1) is 6.85. The van der Waals surface area contributed by atoms with Crippen molar-refractivity contribution in [2.75, 3.05) is 0 Å². The molecule has 3 heteroatoms. The summed E-state index contributed by atoms with van der Waals surface area (Å²) >= 11 is 3.37. The van der Waals surface area contributed by atoms with Crippen LogP contribution in [0.3, 0.4) is 0 Å². The average molecular weight is 211 g/mol. The van der Waals surface area contributed by atoms with Crippen molar-refractivity contribution in [2.45, 2.75) is 6.92 Å². The fraction of sp³-hybridized carbons (Fsp3) is 0.125. The van der Waals surface area contributed by atoms with Crippen LogP contribution in [-0.2, 0) is 0 Å². The molecule has 0 aliphatic rings. The highest BCUT2D eigenvalue weighted by molar-refractivity contribution is 9.10. The normalized spacial score (nSPS) is 10.7. The minimum absolute atomic E-state index is 0.950. The molecule has 0 aliphatic heterocycles. The third kappa shape index (κ3) is 1.05. The van der Waals surface area contributed by atoms with Crippen molar-refractivity contribution < 1.29 is 0 Å². The Morgan fingerprint density at radius 1 is 1.55 bits per heavy atom. The van der Waals surface area contributed by atoms with E-state index in [9.17, 15) is 0 Å². The minimum Gasteiger partial charge on any atom is -0.346 e. The van der Waals surface area contributed by atoms with E-state index < -0.39 is 0 Å². The number of aromatic nitrogens is 2. The smallest absolute Gasteiger partial charge is 0.137 e. The van der Waals surface area contributed by atoms with Crippen molar-refractivity contribution in [3.05, 3.63) is 28.5 Å². The van der Waals surface area contributed by atoms with Crippen LogP contribution in [0.4, 0.5) is 0 Å². The molecule has 11 heavy (non-hydrogen) atoms. The van der Waals surface area contributed by atoms with Gasteiger partial charge >= 0.3 is 0 Å². The van der Waals surface area contributed by atoms with Gasteiger partial charge in [-0.15, -0.1) is 0 Å². The third-order valence-electron chi connectivity index (χ3n) is 1.70. The molecule has 0 saturated carbocycles. The number of pyridine rings is 1. The van der Waals surface area contributed by atoms with Crippen molar-refractivity contribution in [1.82, 2.24) is 9.97 Å². The van der Waals surface area contributed by atoms with Crippen LogP contribution >= 0.6 is 15.9 Å². The van der Waals surface area contributed by atoms with E-state index in [2.05, 4.69) is 38.9 Å². The van der Waals surface area contributed by atoms with Crippen LogP contribution in [0.2, 0.25) is 0 Å². The minimum atomic E-state index is 0.950. The van der Waals surface area contributed by atoms with Crippen LogP contribution in [0, 0.1) is 6.92 Å². The Hall–Kier alpha value is -0.830. The Kier molecular flexibility index (Phi) is 1.46. The summed E-state index contributed by atoms with van der Waals surface area (Å²) in [6.45, 7) is 2.06. The van der Waals surface area contributed by atoms with Gasteiger partial charge in [-0.05, 0) is 34.5 Å². The lowest BCUT2D eigenvalue weighted by Crippen LogP contribution is -1.75. The average Bonchev–Trinajstić information content (AvgIpc) is 2.33. The zero-order valence-corrected chi connectivity index (χ0v) is 7.64. The van der Waals surface area contributed by atoms with E-state index >= 15 is 0 Å². The number of nitrogens with zero attached hydrogens (tertiary/aromatic N) is 1. The van der Waals surface area contributed by atoms with Gasteiger partial charge in [-0.3, -0.25) is 0 Å². The van der Waals surface area contributed by atoms with Gasteiger partial charge in [0.1, 0.15) is 5.65 Å². The zero-order valence-electron chi connectivity index (χ0n) is 6.06. The van der Waals surface area contributed by atoms with E-state index in [0.717, 1.165) is 10.1 Å². The fourth-order valence-corrected chi connectivity index (χ4v) is 1.44. The molecule has 0 unspecified atom stereocenters. The molecule has 0 radical (unpaired) electrons. The van der Waals surface area contributed by atoms with Gasteiger partial charge in [-0.2, -0.15) is 0 Å². The Bertz CT molecular complexity index is 392. The Morgan fingerprint density at radius 3 is 3.18 bits per heavy atom. The summed E-state index contributed by atoms with van der Waals surface area (Å²) in [5.74, 6) is 0. The summed E-state index contributed by atoms with van der Waals surface area (Å²) in [6, 6.07) is 2.06. The lowest BCUT2D eigenvalue weighted by Gasteiger charge is -1.90. The lowest BCUT2D eigenvalue weighted by atomic mass is 10.2. The first-order valence-corrected chi connectivity index (χ1v) is 4.16. The van der Waals surface area contributed by atoms with Crippen LogP contribution in [-0.4, -0.2) is 9.97 Å². The van der Waals surface area contributed by atoms with Crippen LogP contribution in [0.5, 0.6) is 0 Å². The van der Waals surface area contributed by atoms with Crippen molar-refractivity contribution >= 4 is 27.0 Å². The first-order valence-electron chi connectivity index (χ1n) is 3.36. The highest BCUT2D eigenvalue weighted by Gasteiger charge is 1.99. The second-order valence-electron chi connectivity index (χ2n) is 2.52. The molecule has 0 saturated heterocycles. The predicted molar refractivity (Wildman–Crippen MR) is 48.5 cm³/mol. The largest absolute Gasteiger partial charge is 0.346 e. The van der Waals surface area contributed by atoms with E-state index in [1.807, 2.05) is 6.20 Å². The van der Waals surface area contributed by atoms with Gasteiger partial charge in [0.2, 0.25) is 0 Å². The van der Waals surface area contributed by atoms with Gasteiger partial charge in [0.25, 0.3) is 0 Å². The van der Waals surface area contributed by atoms with E-state index in [1.54, 1.807) is 6.20 Å². The van der Waals surface area contributed by atoms with Crippen LogP contribution in [0.25, 0.3) is 11.0 Å². The fourth-order valence-electron chi connectivity index (χ4n) is 1.11. The topological polar surface area (TPSA) is 28.7 Å². The van der Waals surface area contributed by atoms with Crippen LogP contribution in [0.1, 0.15) is 5.56 Å². The van der Waals surface area contributed by atoms with Crippen molar-refractivity contribution in [2.24, 2.45) is 0 Å². The quantitative estimate of drug-likeness (QED) is 0.712.